The van der Waals surface area contributed by atoms with E-state index < -0.39 is 32.6 Å². The maximum absolute atomic E-state index is 12.2. The monoisotopic (exact) mass is 307 g/mol. The van der Waals surface area contributed by atoms with Crippen LogP contribution in [0.1, 0.15) is 22.6 Å². The lowest BCUT2D eigenvalue weighted by molar-refractivity contribution is 0.0686. The van der Waals surface area contributed by atoms with Gasteiger partial charge in [0.25, 0.3) is 0 Å². The Kier molecular flexibility index (Phi) is 5.62. The molecule has 0 saturated heterocycles. The number of aromatic amines is 1. The Labute approximate surface area is 116 Å². The maximum atomic E-state index is 12.2. The molecule has 0 aliphatic heterocycles. The van der Waals surface area contributed by atoms with Gasteiger partial charge in [0.2, 0.25) is 10.0 Å². The fourth-order valence-electron chi connectivity index (χ4n) is 1.70. The number of hydrogen-bond acceptors (Lipinski definition) is 6. The Bertz CT molecular complexity index is 562. The molecule has 10 heteroatoms. The summed E-state index contributed by atoms with van der Waals surface area (Å²) in [6, 6.07) is -0.661. The van der Waals surface area contributed by atoms with Crippen LogP contribution in [-0.2, 0) is 14.8 Å². The standard InChI is InChI=1S/C10H17N3O6S/c1-6-9(8(10(15)16)12-11-6)20(17,18)13-7(3-4-14)5-19-2/h7,13-14H,3-5H2,1-2H3,(H,11,12)(H,15,16). The number of hydrogen-bond donors (Lipinski definition) is 4. The first-order valence-electron chi connectivity index (χ1n) is 5.73. The van der Waals surface area contributed by atoms with Crippen LogP contribution in [0.4, 0.5) is 0 Å². The minimum absolute atomic E-state index is 0.0547. The van der Waals surface area contributed by atoms with Crippen LogP contribution >= 0.6 is 0 Å². The van der Waals surface area contributed by atoms with Gasteiger partial charge in [0, 0.05) is 19.8 Å². The Morgan fingerprint density at radius 3 is 2.70 bits per heavy atom. The van der Waals surface area contributed by atoms with E-state index in [2.05, 4.69) is 14.9 Å². The van der Waals surface area contributed by atoms with Crippen molar-refractivity contribution in [2.75, 3.05) is 20.3 Å². The van der Waals surface area contributed by atoms with Gasteiger partial charge in [0.1, 0.15) is 4.90 Å². The third-order valence-electron chi connectivity index (χ3n) is 2.53. The predicted octanol–water partition coefficient (Wildman–Crippen LogP) is -0.908. The Hall–Kier alpha value is -1.49. The number of carboxylic acids is 1. The molecule has 9 nitrogen and oxygen atoms in total. The number of aliphatic hydroxyl groups excluding tert-OH is 1. The van der Waals surface area contributed by atoms with Gasteiger partial charge in [-0.15, -0.1) is 0 Å². The first kappa shape index (κ1) is 16.6. The van der Waals surface area contributed by atoms with Crippen LogP contribution < -0.4 is 4.72 Å². The molecule has 0 radical (unpaired) electrons. The van der Waals surface area contributed by atoms with Gasteiger partial charge in [-0.1, -0.05) is 0 Å². The first-order valence-corrected chi connectivity index (χ1v) is 7.22. The lowest BCUT2D eigenvalue weighted by Gasteiger charge is -2.16. The Morgan fingerprint density at radius 2 is 2.20 bits per heavy atom. The van der Waals surface area contributed by atoms with Crippen LogP contribution in [0.15, 0.2) is 4.90 Å². The minimum Gasteiger partial charge on any atom is -0.476 e. The molecule has 4 N–H and O–H groups in total. The molecule has 114 valence electrons. The molecule has 0 amide bonds. The Morgan fingerprint density at radius 1 is 1.55 bits per heavy atom. The van der Waals surface area contributed by atoms with E-state index in [4.69, 9.17) is 14.9 Å². The van der Waals surface area contributed by atoms with E-state index in [-0.39, 0.29) is 25.3 Å². The lowest BCUT2D eigenvalue weighted by atomic mass is 10.2. The van der Waals surface area contributed by atoms with Gasteiger partial charge >= 0.3 is 5.97 Å². The van der Waals surface area contributed by atoms with Crippen LogP contribution in [0.25, 0.3) is 0 Å². The molecule has 0 fully saturated rings. The zero-order valence-corrected chi connectivity index (χ0v) is 11.9. The molecule has 1 aromatic rings. The summed E-state index contributed by atoms with van der Waals surface area (Å²) in [4.78, 5) is 10.6. The van der Waals surface area contributed by atoms with E-state index in [1.807, 2.05) is 0 Å². The molecule has 1 heterocycles. The highest BCUT2D eigenvalue weighted by Gasteiger charge is 2.30. The topological polar surface area (TPSA) is 142 Å². The third kappa shape index (κ3) is 3.76. The molecule has 0 saturated carbocycles. The molecule has 1 unspecified atom stereocenters. The average molecular weight is 307 g/mol. The molecule has 0 aliphatic carbocycles. The summed E-state index contributed by atoms with van der Waals surface area (Å²) in [5, 5.41) is 23.6. The van der Waals surface area contributed by atoms with E-state index in [0.717, 1.165) is 0 Å². The maximum Gasteiger partial charge on any atom is 0.357 e. The minimum atomic E-state index is -4.08. The second-order valence-electron chi connectivity index (χ2n) is 4.12. The molecule has 0 bridgehead atoms. The van der Waals surface area contributed by atoms with Gasteiger partial charge in [0.15, 0.2) is 5.69 Å². The average Bonchev–Trinajstić information content (AvgIpc) is 2.72. The second-order valence-corrected chi connectivity index (χ2v) is 5.77. The highest BCUT2D eigenvalue weighted by Crippen LogP contribution is 2.18. The SMILES string of the molecule is COCC(CCO)NS(=O)(=O)c1c(C(=O)O)n[nH]c1C. The number of nitrogens with one attached hydrogen (secondary N) is 2. The van der Waals surface area contributed by atoms with Crippen molar-refractivity contribution in [1.82, 2.24) is 14.9 Å². The van der Waals surface area contributed by atoms with Crippen molar-refractivity contribution in [3.8, 4) is 0 Å². The van der Waals surface area contributed by atoms with Gasteiger partial charge in [-0.2, -0.15) is 5.10 Å². The van der Waals surface area contributed by atoms with E-state index in [0.29, 0.717) is 0 Å². The molecule has 20 heavy (non-hydrogen) atoms. The number of aliphatic hydroxyl groups is 1. The zero-order chi connectivity index (χ0) is 15.3. The fourth-order valence-corrected chi connectivity index (χ4v) is 3.28. The second kappa shape index (κ2) is 6.79. The first-order chi connectivity index (χ1) is 9.33. The van der Waals surface area contributed by atoms with Gasteiger partial charge in [-0.25, -0.2) is 17.9 Å². The van der Waals surface area contributed by atoms with Crippen LogP contribution in [0.5, 0.6) is 0 Å². The number of methoxy groups -OCH3 is 1. The smallest absolute Gasteiger partial charge is 0.357 e. The molecular weight excluding hydrogens is 290 g/mol. The number of aromatic nitrogens is 2. The lowest BCUT2D eigenvalue weighted by Crippen LogP contribution is -2.39. The highest BCUT2D eigenvalue weighted by molar-refractivity contribution is 7.89. The van der Waals surface area contributed by atoms with Gasteiger partial charge in [0.05, 0.1) is 12.3 Å². The summed E-state index contributed by atoms with van der Waals surface area (Å²) in [5.74, 6) is -1.44. The number of ether oxygens (including phenoxy) is 1. The number of sulfonamides is 1. The normalized spacial score (nSPS) is 13.3. The number of aromatic carboxylic acids is 1. The van der Waals surface area contributed by atoms with Crippen LogP contribution in [-0.4, -0.2) is 61.2 Å². The number of nitrogens with zero attached hydrogens (tertiary/aromatic N) is 1. The molecular formula is C10H17N3O6S. The molecule has 0 aliphatic rings. The largest absolute Gasteiger partial charge is 0.476 e. The van der Waals surface area contributed by atoms with Crippen molar-refractivity contribution >= 4 is 16.0 Å². The number of H-pyrrole nitrogens is 1. The van der Waals surface area contributed by atoms with Crippen molar-refractivity contribution in [3.63, 3.8) is 0 Å². The Balaban J connectivity index is 3.10. The molecule has 1 aromatic heterocycles. The van der Waals surface area contributed by atoms with Gasteiger partial charge < -0.3 is 14.9 Å². The van der Waals surface area contributed by atoms with Crippen molar-refractivity contribution in [3.05, 3.63) is 11.4 Å². The van der Waals surface area contributed by atoms with Gasteiger partial charge in [-0.05, 0) is 13.3 Å². The molecule has 1 rings (SSSR count). The van der Waals surface area contributed by atoms with E-state index in [1.165, 1.54) is 14.0 Å². The summed E-state index contributed by atoms with van der Waals surface area (Å²) in [6.07, 6.45) is 0.145. The zero-order valence-electron chi connectivity index (χ0n) is 11.1. The van der Waals surface area contributed by atoms with E-state index in [1.54, 1.807) is 0 Å². The van der Waals surface area contributed by atoms with Crippen molar-refractivity contribution < 1.29 is 28.2 Å². The third-order valence-corrected chi connectivity index (χ3v) is 4.21. The van der Waals surface area contributed by atoms with Crippen molar-refractivity contribution in [2.45, 2.75) is 24.3 Å². The summed E-state index contributed by atoms with van der Waals surface area (Å²) in [5.41, 5.74) is -0.453. The number of aryl methyl sites for hydroxylation is 1. The summed E-state index contributed by atoms with van der Waals surface area (Å²) >= 11 is 0. The quantitative estimate of drug-likeness (QED) is 0.487. The molecule has 0 aromatic carbocycles. The predicted molar refractivity (Wildman–Crippen MR) is 68.0 cm³/mol. The molecule has 1 atom stereocenters. The van der Waals surface area contributed by atoms with Gasteiger partial charge in [-0.3, -0.25) is 5.10 Å². The number of carboxylic acid groups (broad SMARTS) is 1. The fraction of sp³-hybridized carbons (Fsp3) is 0.600. The summed E-state index contributed by atoms with van der Waals surface area (Å²) in [7, 11) is -2.69. The highest BCUT2D eigenvalue weighted by atomic mass is 32.2. The van der Waals surface area contributed by atoms with Crippen LogP contribution in [0.2, 0.25) is 0 Å². The summed E-state index contributed by atoms with van der Waals surface area (Å²) in [6.45, 7) is 1.23. The van der Waals surface area contributed by atoms with Crippen LogP contribution in [0.3, 0.4) is 0 Å². The number of carbonyl (C=O) groups is 1. The van der Waals surface area contributed by atoms with E-state index >= 15 is 0 Å². The van der Waals surface area contributed by atoms with Crippen LogP contribution in [0, 0.1) is 6.92 Å². The van der Waals surface area contributed by atoms with E-state index in [9.17, 15) is 13.2 Å². The number of rotatable bonds is 8. The molecule has 0 spiro atoms. The van der Waals surface area contributed by atoms with Crippen molar-refractivity contribution in [2.24, 2.45) is 0 Å². The van der Waals surface area contributed by atoms with Crippen molar-refractivity contribution in [1.29, 1.82) is 0 Å². The summed E-state index contributed by atoms with van der Waals surface area (Å²) < 4.78 is 31.6.